The van der Waals surface area contributed by atoms with Gasteiger partial charge in [-0.25, -0.2) is 4.79 Å². The molecule has 1 saturated carbocycles. The van der Waals surface area contributed by atoms with Crippen LogP contribution in [0.15, 0.2) is 36.4 Å². The first kappa shape index (κ1) is 29.2. The zero-order valence-corrected chi connectivity index (χ0v) is 25.4. The molecule has 0 unspecified atom stereocenters. The third kappa shape index (κ3) is 7.38. The first-order chi connectivity index (χ1) is 17.3. The van der Waals surface area contributed by atoms with Crippen molar-refractivity contribution in [1.82, 2.24) is 0 Å². The molecular weight excluding hydrogens is 478 g/mol. The fraction of sp³-hybridized carbons (Fsp3) is 0.581. The molecule has 204 valence electrons. The molecule has 5 nitrogen and oxygen atoms in total. The number of benzene rings is 2. The third-order valence-corrected chi connectivity index (χ3v) is 12.6. The van der Waals surface area contributed by atoms with Crippen LogP contribution in [0.4, 0.5) is 5.69 Å². The third-order valence-electron chi connectivity index (χ3n) is 8.17. The number of aryl methyl sites for hydroxylation is 3. The van der Waals surface area contributed by atoms with Gasteiger partial charge in [0, 0.05) is 5.69 Å². The number of hydrogen-bond donors (Lipinski definition) is 1. The summed E-state index contributed by atoms with van der Waals surface area (Å²) in [6, 6.07) is 11.8. The molecule has 37 heavy (non-hydrogen) atoms. The summed E-state index contributed by atoms with van der Waals surface area (Å²) in [4.78, 5) is 14.1. The molecule has 6 heteroatoms. The lowest BCUT2D eigenvalue weighted by Gasteiger charge is -2.43. The summed E-state index contributed by atoms with van der Waals surface area (Å²) in [7, 11) is -0.635. The zero-order chi connectivity index (χ0) is 27.4. The summed E-state index contributed by atoms with van der Waals surface area (Å²) < 4.78 is 18.5. The van der Waals surface area contributed by atoms with Crippen molar-refractivity contribution in [3.05, 3.63) is 53.1 Å². The summed E-state index contributed by atoms with van der Waals surface area (Å²) >= 11 is 0. The lowest BCUT2D eigenvalue weighted by molar-refractivity contribution is -0.144. The van der Waals surface area contributed by atoms with Crippen LogP contribution in [0.25, 0.3) is 0 Å². The molecule has 0 heterocycles. The van der Waals surface area contributed by atoms with Gasteiger partial charge in [0.2, 0.25) is 0 Å². The minimum absolute atomic E-state index is 0.0432. The van der Waals surface area contributed by atoms with Crippen LogP contribution in [-0.2, 0) is 9.22 Å². The number of methoxy groups -OCH3 is 1. The van der Waals surface area contributed by atoms with E-state index in [2.05, 4.69) is 58.2 Å². The highest BCUT2D eigenvalue weighted by Gasteiger charge is 2.46. The number of anilines is 1. The Labute approximate surface area is 225 Å². The van der Waals surface area contributed by atoms with Crippen LogP contribution < -0.4 is 14.8 Å². The number of carbonyl (C=O) groups excluding carboxylic acids is 1. The fourth-order valence-corrected chi connectivity index (χ4v) is 6.29. The van der Waals surface area contributed by atoms with Crippen LogP contribution in [0.3, 0.4) is 0 Å². The summed E-state index contributed by atoms with van der Waals surface area (Å²) in [5, 5.41) is 3.68. The Kier molecular flexibility index (Phi) is 9.51. The van der Waals surface area contributed by atoms with Crippen LogP contribution in [0, 0.1) is 26.7 Å². The number of carbonyl (C=O) groups is 1. The monoisotopic (exact) mass is 525 g/mol. The average Bonchev–Trinajstić information content (AvgIpc) is 2.83. The van der Waals surface area contributed by atoms with Crippen LogP contribution in [0.1, 0.15) is 69.6 Å². The molecule has 3 rings (SSSR count). The van der Waals surface area contributed by atoms with Crippen molar-refractivity contribution in [3.8, 4) is 11.5 Å². The number of nitrogens with one attached hydrogen (secondary N) is 1. The molecule has 0 saturated heterocycles. The number of rotatable bonds is 9. The van der Waals surface area contributed by atoms with E-state index in [4.69, 9.17) is 13.9 Å². The van der Waals surface area contributed by atoms with Gasteiger partial charge in [-0.15, -0.1) is 0 Å². The summed E-state index contributed by atoms with van der Waals surface area (Å²) in [6.45, 7) is 17.1. The molecule has 0 bridgehead atoms. The minimum Gasteiger partial charge on any atom is -0.497 e. The predicted molar refractivity (Wildman–Crippen MR) is 155 cm³/mol. The van der Waals surface area contributed by atoms with Gasteiger partial charge in [0.1, 0.15) is 11.5 Å². The predicted octanol–water partition coefficient (Wildman–Crippen LogP) is 7.98. The zero-order valence-electron chi connectivity index (χ0n) is 24.4. The Balaban J connectivity index is 2.02. The van der Waals surface area contributed by atoms with Gasteiger partial charge in [-0.05, 0) is 93.1 Å². The molecular formula is C31H47NO4Si. The molecule has 1 N–H and O–H groups in total. The normalized spacial score (nSPS) is 16.7. The summed E-state index contributed by atoms with van der Waals surface area (Å²) in [5.74, 6) is 1.46. The number of hydrogen-bond acceptors (Lipinski definition) is 5. The Hall–Kier alpha value is -2.31. The standard InChI is InChI=1S/C31H47NO4Si/c1-21-19-22(2)28(23(3)20-21)35-30(33)29(36-37(8,9)31(4,5)6)27(24-13-11-10-12-14-24)32-25-15-17-26(34-7)18-16-25/h15-20,24,27,29,32H,10-14H2,1-9H3/t27-,29-/m1/s1. The minimum atomic E-state index is -2.30. The molecule has 1 aliphatic rings. The van der Waals surface area contributed by atoms with Crippen molar-refractivity contribution >= 4 is 20.0 Å². The van der Waals surface area contributed by atoms with Gasteiger partial charge >= 0.3 is 5.97 Å². The average molecular weight is 526 g/mol. The lowest BCUT2D eigenvalue weighted by atomic mass is 9.81. The Morgan fingerprint density at radius 3 is 2.05 bits per heavy atom. The topological polar surface area (TPSA) is 56.8 Å². The van der Waals surface area contributed by atoms with Gasteiger partial charge in [-0.1, -0.05) is 57.7 Å². The molecule has 2 atom stereocenters. The molecule has 0 aliphatic heterocycles. The SMILES string of the molecule is COc1ccc(N[C@H](C2CCCCC2)[C@@H](O[Si](C)(C)C(C)(C)C)C(=O)Oc2c(C)cc(C)cc2C)cc1. The van der Waals surface area contributed by atoms with Crippen molar-refractivity contribution in [3.63, 3.8) is 0 Å². The molecule has 0 radical (unpaired) electrons. The smallest absolute Gasteiger partial charge is 0.341 e. The molecule has 0 aromatic heterocycles. The number of esters is 1. The van der Waals surface area contributed by atoms with E-state index in [1.54, 1.807) is 7.11 Å². The molecule has 1 fully saturated rings. The van der Waals surface area contributed by atoms with E-state index in [-0.39, 0.29) is 17.0 Å². The molecule has 0 amide bonds. The van der Waals surface area contributed by atoms with Crippen molar-refractivity contribution in [1.29, 1.82) is 0 Å². The highest BCUT2D eigenvalue weighted by atomic mass is 28.4. The van der Waals surface area contributed by atoms with Gasteiger partial charge in [0.25, 0.3) is 0 Å². The summed E-state index contributed by atoms with van der Waals surface area (Å²) in [5.41, 5.74) is 4.05. The van der Waals surface area contributed by atoms with Crippen LogP contribution in [0.2, 0.25) is 18.1 Å². The first-order valence-electron chi connectivity index (χ1n) is 13.7. The second-order valence-corrected chi connectivity index (χ2v) is 17.0. The van der Waals surface area contributed by atoms with Gasteiger partial charge in [-0.2, -0.15) is 0 Å². The van der Waals surface area contributed by atoms with Crippen LogP contribution in [0.5, 0.6) is 11.5 Å². The second-order valence-electron chi connectivity index (χ2n) is 12.2. The van der Waals surface area contributed by atoms with Gasteiger partial charge in [-0.3, -0.25) is 0 Å². The molecule has 0 spiro atoms. The van der Waals surface area contributed by atoms with Gasteiger partial charge < -0.3 is 19.2 Å². The van der Waals surface area contributed by atoms with Gasteiger partial charge in [0.15, 0.2) is 14.4 Å². The maximum absolute atomic E-state index is 14.1. The maximum atomic E-state index is 14.1. The lowest BCUT2D eigenvalue weighted by Crippen LogP contribution is -2.55. The van der Waals surface area contributed by atoms with Gasteiger partial charge in [0.05, 0.1) is 13.2 Å². The van der Waals surface area contributed by atoms with E-state index in [0.29, 0.717) is 11.7 Å². The fourth-order valence-electron chi connectivity index (χ4n) is 5.06. The van der Waals surface area contributed by atoms with E-state index in [9.17, 15) is 4.79 Å². The van der Waals surface area contributed by atoms with Crippen molar-refractivity contribution < 1.29 is 18.7 Å². The quantitative estimate of drug-likeness (QED) is 0.204. The van der Waals surface area contributed by atoms with Crippen molar-refractivity contribution in [2.75, 3.05) is 12.4 Å². The van der Waals surface area contributed by atoms with Crippen LogP contribution in [-0.4, -0.2) is 33.5 Å². The molecule has 1 aliphatic carbocycles. The van der Waals surface area contributed by atoms with Crippen LogP contribution >= 0.6 is 0 Å². The van der Waals surface area contributed by atoms with E-state index in [1.807, 2.05) is 38.1 Å². The summed E-state index contributed by atoms with van der Waals surface area (Å²) in [6.07, 6.45) is 5.01. The Bertz CT molecular complexity index is 1030. The highest BCUT2D eigenvalue weighted by molar-refractivity contribution is 6.74. The first-order valence-corrected chi connectivity index (χ1v) is 16.6. The maximum Gasteiger partial charge on any atom is 0.341 e. The number of ether oxygens (including phenoxy) is 2. The molecule has 2 aromatic rings. The van der Waals surface area contributed by atoms with E-state index >= 15 is 0 Å². The van der Waals surface area contributed by atoms with E-state index < -0.39 is 14.4 Å². The Morgan fingerprint density at radius 1 is 0.973 bits per heavy atom. The molecule has 2 aromatic carbocycles. The second kappa shape index (κ2) is 12.0. The van der Waals surface area contributed by atoms with E-state index in [1.165, 1.54) is 19.3 Å². The largest absolute Gasteiger partial charge is 0.497 e. The Morgan fingerprint density at radius 2 is 1.54 bits per heavy atom. The van der Waals surface area contributed by atoms with Crippen molar-refractivity contribution in [2.24, 2.45) is 5.92 Å². The highest BCUT2D eigenvalue weighted by Crippen LogP contribution is 2.40. The van der Waals surface area contributed by atoms with E-state index in [0.717, 1.165) is 41.0 Å². The van der Waals surface area contributed by atoms with Crippen molar-refractivity contribution in [2.45, 2.75) is 104 Å².